The lowest BCUT2D eigenvalue weighted by Gasteiger charge is -2.14. The second kappa shape index (κ2) is 8.97. The van der Waals surface area contributed by atoms with E-state index in [9.17, 15) is 5.11 Å². The van der Waals surface area contributed by atoms with Gasteiger partial charge in [0.1, 0.15) is 18.5 Å². The highest BCUT2D eigenvalue weighted by Gasteiger charge is 2.07. The first-order valence-electron chi connectivity index (χ1n) is 6.85. The molecule has 2 N–H and O–H groups in total. The van der Waals surface area contributed by atoms with Crippen LogP contribution in [0.15, 0.2) is 36.4 Å². The Morgan fingerprint density at radius 2 is 1.65 bits per heavy atom. The Labute approximate surface area is 155 Å². The molecule has 0 spiro atoms. The Balaban J connectivity index is 1.74. The molecule has 0 aliphatic carbocycles. The summed E-state index contributed by atoms with van der Waals surface area (Å²) in [6, 6.07) is 10.3. The molecule has 0 aromatic heterocycles. The number of hydrogen-bond donors (Lipinski definition) is 2. The van der Waals surface area contributed by atoms with Crippen LogP contribution in [0.25, 0.3) is 0 Å². The molecule has 0 aliphatic rings. The number of rotatable bonds is 7. The molecule has 1 atom stereocenters. The molecular weight excluding hydrogens is 380 g/mol. The van der Waals surface area contributed by atoms with Crippen molar-refractivity contribution in [2.45, 2.75) is 12.6 Å². The lowest BCUT2D eigenvalue weighted by Crippen LogP contribution is -2.31. The van der Waals surface area contributed by atoms with Crippen LogP contribution in [-0.2, 0) is 6.54 Å². The molecule has 0 radical (unpaired) electrons. The van der Waals surface area contributed by atoms with Crippen molar-refractivity contribution in [3.8, 4) is 5.75 Å². The third-order valence-corrected chi connectivity index (χ3v) is 4.14. The van der Waals surface area contributed by atoms with Gasteiger partial charge in [0.05, 0.1) is 10.0 Å². The van der Waals surface area contributed by atoms with Crippen molar-refractivity contribution < 1.29 is 9.84 Å². The number of halogens is 4. The summed E-state index contributed by atoms with van der Waals surface area (Å²) < 4.78 is 5.47. The van der Waals surface area contributed by atoms with E-state index in [0.29, 0.717) is 38.9 Å². The van der Waals surface area contributed by atoms with Crippen molar-refractivity contribution in [3.05, 3.63) is 62.1 Å². The monoisotopic (exact) mass is 393 g/mol. The van der Waals surface area contributed by atoms with E-state index in [0.717, 1.165) is 5.56 Å². The second-order valence-electron chi connectivity index (χ2n) is 4.95. The maximum Gasteiger partial charge on any atom is 0.121 e. The molecule has 0 bridgehead atoms. The van der Waals surface area contributed by atoms with Gasteiger partial charge in [0.2, 0.25) is 0 Å². The summed E-state index contributed by atoms with van der Waals surface area (Å²) in [7, 11) is 0. The van der Waals surface area contributed by atoms with Crippen LogP contribution < -0.4 is 10.1 Å². The van der Waals surface area contributed by atoms with Crippen molar-refractivity contribution in [2.24, 2.45) is 0 Å². The Hall–Kier alpha value is -0.680. The molecule has 0 aliphatic heterocycles. The van der Waals surface area contributed by atoms with E-state index >= 15 is 0 Å². The predicted octanol–water partition coefficient (Wildman–Crippen LogP) is 4.83. The number of ether oxygens (including phenoxy) is 1. The number of nitrogens with one attached hydrogen (secondary N) is 1. The van der Waals surface area contributed by atoms with E-state index in [1.807, 2.05) is 12.1 Å². The van der Waals surface area contributed by atoms with Gasteiger partial charge < -0.3 is 15.2 Å². The summed E-state index contributed by atoms with van der Waals surface area (Å²) in [6.45, 7) is 1.05. The van der Waals surface area contributed by atoms with Crippen molar-refractivity contribution in [2.75, 3.05) is 13.2 Å². The van der Waals surface area contributed by atoms with Gasteiger partial charge >= 0.3 is 0 Å². The van der Waals surface area contributed by atoms with Gasteiger partial charge in [-0.05, 0) is 35.9 Å². The summed E-state index contributed by atoms with van der Waals surface area (Å²) in [6.07, 6.45) is -0.667. The Morgan fingerprint density at radius 3 is 2.30 bits per heavy atom. The van der Waals surface area contributed by atoms with Gasteiger partial charge in [0.25, 0.3) is 0 Å². The van der Waals surface area contributed by atoms with Crippen molar-refractivity contribution in [3.63, 3.8) is 0 Å². The Bertz CT molecular complexity index is 646. The molecule has 0 amide bonds. The number of aliphatic hydroxyl groups excluding tert-OH is 1. The zero-order valence-corrected chi connectivity index (χ0v) is 15.1. The van der Waals surface area contributed by atoms with E-state index in [1.165, 1.54) is 0 Å². The molecule has 0 fully saturated rings. The maximum absolute atomic E-state index is 9.92. The third-order valence-electron chi connectivity index (χ3n) is 2.96. The van der Waals surface area contributed by atoms with E-state index in [-0.39, 0.29) is 6.61 Å². The minimum absolute atomic E-state index is 0.140. The summed E-state index contributed by atoms with van der Waals surface area (Å²) in [5, 5.41) is 15.1. The molecule has 2 rings (SSSR count). The van der Waals surface area contributed by atoms with Gasteiger partial charge in [-0.3, -0.25) is 0 Å². The summed E-state index contributed by atoms with van der Waals surface area (Å²) in [5.41, 5.74) is 0.945. The zero-order valence-electron chi connectivity index (χ0n) is 12.0. The van der Waals surface area contributed by atoms with Gasteiger partial charge in [0, 0.05) is 29.2 Å². The molecule has 0 unspecified atom stereocenters. The highest BCUT2D eigenvalue weighted by atomic mass is 35.5. The fraction of sp³-hybridized carbons (Fsp3) is 0.250. The number of hydrogen-bond acceptors (Lipinski definition) is 3. The summed E-state index contributed by atoms with van der Waals surface area (Å²) in [4.78, 5) is 0. The molecule has 3 nitrogen and oxygen atoms in total. The fourth-order valence-corrected chi connectivity index (χ4v) is 2.77. The lowest BCUT2D eigenvalue weighted by molar-refractivity contribution is 0.106. The SMILES string of the molecule is O[C@H](CNCc1cc(Cl)cc(Cl)c1)COc1ccc(Cl)c(Cl)c1. The molecule has 23 heavy (non-hydrogen) atoms. The van der Waals surface area contributed by atoms with Crippen LogP contribution in [-0.4, -0.2) is 24.4 Å². The Morgan fingerprint density at radius 1 is 0.957 bits per heavy atom. The molecule has 7 heteroatoms. The first-order chi connectivity index (χ1) is 10.9. The third kappa shape index (κ3) is 6.38. The van der Waals surface area contributed by atoms with Crippen molar-refractivity contribution in [1.82, 2.24) is 5.32 Å². The molecular formula is C16H15Cl4NO2. The van der Waals surface area contributed by atoms with Crippen LogP contribution >= 0.6 is 46.4 Å². The quantitative estimate of drug-likeness (QED) is 0.706. The van der Waals surface area contributed by atoms with E-state index in [2.05, 4.69) is 5.32 Å². The van der Waals surface area contributed by atoms with Crippen LogP contribution in [0.5, 0.6) is 5.75 Å². The van der Waals surface area contributed by atoms with Crippen LogP contribution in [0, 0.1) is 0 Å². The molecule has 2 aromatic carbocycles. The average Bonchev–Trinajstić information content (AvgIpc) is 2.47. The second-order valence-corrected chi connectivity index (χ2v) is 6.64. The van der Waals surface area contributed by atoms with Gasteiger partial charge in [-0.15, -0.1) is 0 Å². The van der Waals surface area contributed by atoms with Gasteiger partial charge in [-0.2, -0.15) is 0 Å². The van der Waals surface area contributed by atoms with E-state index in [4.69, 9.17) is 51.1 Å². The summed E-state index contributed by atoms with van der Waals surface area (Å²) >= 11 is 23.6. The smallest absolute Gasteiger partial charge is 0.121 e. The lowest BCUT2D eigenvalue weighted by atomic mass is 10.2. The maximum atomic E-state index is 9.92. The van der Waals surface area contributed by atoms with Gasteiger partial charge in [-0.1, -0.05) is 46.4 Å². The molecule has 0 saturated carbocycles. The predicted molar refractivity (Wildman–Crippen MR) is 96.1 cm³/mol. The first-order valence-corrected chi connectivity index (χ1v) is 8.37. The first kappa shape index (κ1) is 18.7. The van der Waals surface area contributed by atoms with Gasteiger partial charge in [0.15, 0.2) is 0 Å². The van der Waals surface area contributed by atoms with Gasteiger partial charge in [-0.25, -0.2) is 0 Å². The topological polar surface area (TPSA) is 41.5 Å². The van der Waals surface area contributed by atoms with E-state index in [1.54, 1.807) is 24.3 Å². The molecule has 124 valence electrons. The van der Waals surface area contributed by atoms with Crippen molar-refractivity contribution >= 4 is 46.4 Å². The molecule has 0 heterocycles. The highest BCUT2D eigenvalue weighted by molar-refractivity contribution is 6.42. The zero-order chi connectivity index (χ0) is 16.8. The minimum atomic E-state index is -0.667. The molecule has 0 saturated heterocycles. The summed E-state index contributed by atoms with van der Waals surface area (Å²) in [5.74, 6) is 0.556. The normalized spacial score (nSPS) is 12.2. The Kier molecular flexibility index (Phi) is 7.28. The molecule has 2 aromatic rings. The fourth-order valence-electron chi connectivity index (χ4n) is 1.91. The van der Waals surface area contributed by atoms with Crippen LogP contribution in [0.2, 0.25) is 20.1 Å². The van der Waals surface area contributed by atoms with Crippen molar-refractivity contribution in [1.29, 1.82) is 0 Å². The average molecular weight is 395 g/mol. The van der Waals surface area contributed by atoms with Crippen LogP contribution in [0.3, 0.4) is 0 Å². The highest BCUT2D eigenvalue weighted by Crippen LogP contribution is 2.26. The number of benzene rings is 2. The van der Waals surface area contributed by atoms with Crippen LogP contribution in [0.4, 0.5) is 0 Å². The standard InChI is InChI=1S/C16H15Cl4NO2/c17-11-3-10(4-12(18)5-11)7-21-8-13(22)9-23-14-1-2-15(19)16(20)6-14/h1-6,13,21-22H,7-9H2/t13-/m1/s1. The van der Waals surface area contributed by atoms with Crippen LogP contribution in [0.1, 0.15) is 5.56 Å². The minimum Gasteiger partial charge on any atom is -0.491 e. The largest absolute Gasteiger partial charge is 0.491 e. The van der Waals surface area contributed by atoms with E-state index < -0.39 is 6.10 Å². The number of aliphatic hydroxyl groups is 1.